The maximum atomic E-state index is 11.3. The lowest BCUT2D eigenvalue weighted by Crippen LogP contribution is -2.70. The Morgan fingerprint density at radius 2 is 0.571 bits per heavy atom. The third-order valence-electron chi connectivity index (χ3n) is 10.7. The molecule has 0 aromatic heterocycles. The molecular weight excluding hydrogens is 766 g/mol. The molecule has 26 nitrogen and oxygen atoms in total. The molecule has 0 aliphatic carbocycles. The fraction of sp³-hybridized carbons (Fsp3) is 1.00. The molecule has 56 heavy (non-hydrogen) atoms. The first-order valence-corrected chi connectivity index (χ1v) is 18.0. The molecule has 0 spiro atoms. The van der Waals surface area contributed by atoms with E-state index in [1.807, 2.05) is 0 Å². The minimum Gasteiger partial charge on any atom is -0.394 e. The molecule has 0 saturated carbocycles. The fourth-order valence-electron chi connectivity index (χ4n) is 7.25. The molecular formula is C30H57N5O21. The van der Waals surface area contributed by atoms with Crippen LogP contribution in [0.4, 0.5) is 0 Å². The van der Waals surface area contributed by atoms with E-state index >= 15 is 0 Å². The second-order valence-electron chi connectivity index (χ2n) is 14.4. The Morgan fingerprint density at radius 1 is 0.321 bits per heavy atom. The van der Waals surface area contributed by atoms with Crippen LogP contribution in [0.15, 0.2) is 0 Å². The van der Waals surface area contributed by atoms with E-state index in [1.165, 1.54) is 0 Å². The number of rotatable bonds is 13. The van der Waals surface area contributed by atoms with Crippen molar-refractivity contribution in [2.75, 3.05) is 33.0 Å². The molecule has 26 heteroatoms. The summed E-state index contributed by atoms with van der Waals surface area (Å²) in [6.07, 6.45) is -30.5. The van der Waals surface area contributed by atoms with Gasteiger partial charge >= 0.3 is 0 Å². The van der Waals surface area contributed by atoms with Crippen molar-refractivity contribution in [2.24, 2.45) is 28.7 Å². The van der Waals surface area contributed by atoms with E-state index in [4.69, 9.17) is 71.3 Å². The van der Waals surface area contributed by atoms with Crippen molar-refractivity contribution in [2.45, 2.75) is 153 Å². The van der Waals surface area contributed by atoms with Gasteiger partial charge in [-0.15, -0.1) is 0 Å². The molecule has 328 valence electrons. The highest BCUT2D eigenvalue weighted by atomic mass is 16.8. The standard InChI is InChI=1S/C30H57N5O21/c31-11-18(43)22(7(2-37)48-26(11)47)53-28-13(33)20(45)24(9(4-39)50-28)55-30-15(35)21(46)25(10(5-40)52-30)56-29-14(34)19(44)23(8(3-38)51-29)54-27-12(32)17(42)16(41)6(1-36)49-27/h6-30,36-47H,1-5,31-35H2/t6-,7-,8-,9-,10-,11-,12-,13-,14-,15-,16-,17-,18-,19-,20-,21-,22-,23-,24-,25-,26-,27+,28+,29+,30+/m1/s1. The number of hydrogen-bond donors (Lipinski definition) is 17. The summed E-state index contributed by atoms with van der Waals surface area (Å²) >= 11 is 0. The fourth-order valence-corrected chi connectivity index (χ4v) is 7.25. The second kappa shape index (κ2) is 19.6. The molecule has 0 unspecified atom stereocenters. The summed E-state index contributed by atoms with van der Waals surface area (Å²) in [6.45, 7) is -3.86. The Balaban J connectivity index is 1.22. The minimum absolute atomic E-state index is 0.711. The Labute approximate surface area is 319 Å². The predicted octanol–water partition coefficient (Wildman–Crippen LogP) is -12.1. The Kier molecular flexibility index (Phi) is 16.1. The Bertz CT molecular complexity index is 1220. The Morgan fingerprint density at radius 3 is 0.875 bits per heavy atom. The molecule has 22 N–H and O–H groups in total. The van der Waals surface area contributed by atoms with Crippen LogP contribution in [0.1, 0.15) is 0 Å². The van der Waals surface area contributed by atoms with Gasteiger partial charge in [0.1, 0.15) is 91.6 Å². The van der Waals surface area contributed by atoms with E-state index in [9.17, 15) is 61.3 Å². The summed E-state index contributed by atoms with van der Waals surface area (Å²) in [6, 6.07) is -7.14. The van der Waals surface area contributed by atoms with Gasteiger partial charge in [0.2, 0.25) is 0 Å². The number of ether oxygens (including phenoxy) is 9. The first-order chi connectivity index (χ1) is 26.5. The zero-order chi connectivity index (χ0) is 41.3. The molecule has 5 fully saturated rings. The van der Waals surface area contributed by atoms with E-state index in [0.717, 1.165) is 0 Å². The maximum absolute atomic E-state index is 11.3. The molecule has 0 aromatic carbocycles. The van der Waals surface area contributed by atoms with Gasteiger partial charge in [0.05, 0.1) is 63.2 Å². The lowest BCUT2D eigenvalue weighted by molar-refractivity contribution is -0.364. The number of aliphatic hydroxyl groups excluding tert-OH is 12. The molecule has 0 aromatic rings. The molecule has 5 aliphatic rings. The lowest BCUT2D eigenvalue weighted by Gasteiger charge is -2.50. The van der Waals surface area contributed by atoms with Crippen LogP contribution in [0, 0.1) is 0 Å². The normalized spacial score (nSPS) is 53.2. The van der Waals surface area contributed by atoms with Crippen LogP contribution in [0.3, 0.4) is 0 Å². The van der Waals surface area contributed by atoms with E-state index in [1.54, 1.807) is 0 Å². The lowest BCUT2D eigenvalue weighted by atomic mass is 9.94. The predicted molar refractivity (Wildman–Crippen MR) is 176 cm³/mol. The van der Waals surface area contributed by atoms with Crippen LogP contribution in [-0.4, -0.2) is 248 Å². The molecule has 25 atom stereocenters. The molecule has 0 bridgehead atoms. The zero-order valence-corrected chi connectivity index (χ0v) is 29.9. The van der Waals surface area contributed by atoms with E-state index < -0.39 is 186 Å². The summed E-state index contributed by atoms with van der Waals surface area (Å²) in [5.74, 6) is 0. The molecule has 5 saturated heterocycles. The van der Waals surface area contributed by atoms with Crippen molar-refractivity contribution in [3.8, 4) is 0 Å². The van der Waals surface area contributed by atoms with Crippen LogP contribution < -0.4 is 28.7 Å². The maximum Gasteiger partial charge on any atom is 0.176 e. The molecule has 0 radical (unpaired) electrons. The van der Waals surface area contributed by atoms with Gasteiger partial charge in [-0.2, -0.15) is 0 Å². The van der Waals surface area contributed by atoms with Crippen molar-refractivity contribution in [3.63, 3.8) is 0 Å². The smallest absolute Gasteiger partial charge is 0.176 e. The monoisotopic (exact) mass is 823 g/mol. The summed E-state index contributed by atoms with van der Waals surface area (Å²) in [5, 5.41) is 124. The van der Waals surface area contributed by atoms with E-state index in [-0.39, 0.29) is 0 Å². The highest BCUT2D eigenvalue weighted by Crippen LogP contribution is 2.34. The quantitative estimate of drug-likeness (QED) is 0.0820. The van der Waals surface area contributed by atoms with Crippen LogP contribution in [-0.2, 0) is 42.6 Å². The van der Waals surface area contributed by atoms with E-state index in [0.29, 0.717) is 0 Å². The van der Waals surface area contributed by atoms with Gasteiger partial charge in [-0.05, 0) is 0 Å². The van der Waals surface area contributed by atoms with Gasteiger partial charge in [0.25, 0.3) is 0 Å². The average molecular weight is 824 g/mol. The van der Waals surface area contributed by atoms with E-state index in [2.05, 4.69) is 0 Å². The molecule has 5 rings (SSSR count). The van der Waals surface area contributed by atoms with Gasteiger partial charge in [0, 0.05) is 0 Å². The minimum atomic E-state index is -1.74. The molecule has 5 heterocycles. The van der Waals surface area contributed by atoms with Crippen molar-refractivity contribution < 1.29 is 104 Å². The highest BCUT2D eigenvalue weighted by Gasteiger charge is 2.55. The van der Waals surface area contributed by atoms with Crippen LogP contribution in [0.5, 0.6) is 0 Å². The van der Waals surface area contributed by atoms with Gasteiger partial charge in [-0.3, -0.25) is 0 Å². The first-order valence-electron chi connectivity index (χ1n) is 18.0. The van der Waals surface area contributed by atoms with Crippen molar-refractivity contribution in [1.82, 2.24) is 0 Å². The molecule has 5 aliphatic heterocycles. The van der Waals surface area contributed by atoms with Crippen LogP contribution in [0.2, 0.25) is 0 Å². The third-order valence-corrected chi connectivity index (χ3v) is 10.7. The van der Waals surface area contributed by atoms with Crippen molar-refractivity contribution >= 4 is 0 Å². The van der Waals surface area contributed by atoms with Crippen LogP contribution in [0.25, 0.3) is 0 Å². The first kappa shape index (κ1) is 46.0. The van der Waals surface area contributed by atoms with Gasteiger partial charge in [-0.1, -0.05) is 0 Å². The van der Waals surface area contributed by atoms with Gasteiger partial charge in [-0.25, -0.2) is 0 Å². The summed E-state index contributed by atoms with van der Waals surface area (Å²) in [4.78, 5) is 0. The number of hydrogen-bond acceptors (Lipinski definition) is 26. The summed E-state index contributed by atoms with van der Waals surface area (Å²) < 4.78 is 51.1. The van der Waals surface area contributed by atoms with Crippen LogP contribution >= 0.6 is 0 Å². The number of aliphatic hydroxyl groups is 12. The van der Waals surface area contributed by atoms with Gasteiger partial charge < -0.3 is 133 Å². The van der Waals surface area contributed by atoms with Gasteiger partial charge in [0.15, 0.2) is 31.5 Å². The zero-order valence-electron chi connectivity index (χ0n) is 29.9. The SMILES string of the molecule is N[C@@H]1[C@@H](O)[C@H](O[C@@H]2O[C@H](CO)[C@@H](O[C@@H]3O[C@H](CO)[C@@H](O[C@@H]4O[C@H](CO)[C@@H](O[C@@H]5O[C@H](CO)[C@@H](O)[C@H](O)[C@H]5N)[C@H](O)[C@H]4N)[C@H](O)[C@H]3N)[C@H](O)[C@H]2N)[C@@H](CO)O[C@H]1O. The van der Waals surface area contributed by atoms with Crippen molar-refractivity contribution in [1.29, 1.82) is 0 Å². The average Bonchev–Trinajstić information content (AvgIpc) is 3.19. The largest absolute Gasteiger partial charge is 0.394 e. The number of nitrogens with two attached hydrogens (primary N) is 5. The summed E-state index contributed by atoms with van der Waals surface area (Å²) in [7, 11) is 0. The molecule has 0 amide bonds. The topological polar surface area (TPSA) is 456 Å². The summed E-state index contributed by atoms with van der Waals surface area (Å²) in [5.41, 5.74) is 30.4. The second-order valence-corrected chi connectivity index (χ2v) is 14.4. The van der Waals surface area contributed by atoms with Crippen molar-refractivity contribution in [3.05, 3.63) is 0 Å². The third kappa shape index (κ3) is 9.16. The Hall–Kier alpha value is -1.04. The highest BCUT2D eigenvalue weighted by molar-refractivity contribution is 5.01.